The highest BCUT2D eigenvalue weighted by atomic mass is 19.1. The zero-order valence-electron chi connectivity index (χ0n) is 20.6. The van der Waals surface area contributed by atoms with Gasteiger partial charge < -0.3 is 19.1 Å². The molecule has 0 bridgehead atoms. The fraction of sp³-hybridized carbons (Fsp3) is 0.600. The minimum atomic E-state index is -0.353. The number of methoxy groups -OCH3 is 1. The number of rotatable bonds is 8. The van der Waals surface area contributed by atoms with Crippen LogP contribution in [-0.4, -0.2) is 82.1 Å². The second-order valence-electron chi connectivity index (χ2n) is 10.1. The minimum Gasteiger partial charge on any atom is -0.375 e. The zero-order chi connectivity index (χ0) is 24.5. The first kappa shape index (κ1) is 23.9. The lowest BCUT2D eigenvalue weighted by atomic mass is 10.1. The Balaban J connectivity index is 1.21. The lowest BCUT2D eigenvalue weighted by molar-refractivity contribution is -0.134. The lowest BCUT2D eigenvalue weighted by Crippen LogP contribution is -2.34. The van der Waals surface area contributed by atoms with Gasteiger partial charge in [-0.1, -0.05) is 26.0 Å². The fourth-order valence-corrected chi connectivity index (χ4v) is 5.42. The molecule has 0 radical (unpaired) electrons. The Morgan fingerprint density at radius 2 is 2.06 bits per heavy atom. The summed E-state index contributed by atoms with van der Waals surface area (Å²) >= 11 is 0. The van der Waals surface area contributed by atoms with Gasteiger partial charge in [0.05, 0.1) is 5.69 Å². The van der Waals surface area contributed by atoms with Crippen LogP contribution in [0.5, 0.6) is 0 Å². The number of carbonyl (C=O) groups excluding carboxylic acids is 1. The lowest BCUT2D eigenvalue weighted by Gasteiger charge is -2.21. The number of hydrogen-bond donors (Lipinski definition) is 0. The normalized spacial score (nSPS) is 21.1. The van der Waals surface area contributed by atoms with Gasteiger partial charge in [-0.05, 0) is 48.4 Å². The third-order valence-corrected chi connectivity index (χ3v) is 7.13. The maximum absolute atomic E-state index is 14.7. The van der Waals surface area contributed by atoms with Gasteiger partial charge in [-0.15, -0.1) is 0 Å². The molecule has 5 rings (SSSR count). The predicted molar refractivity (Wildman–Crippen MR) is 128 cm³/mol. The van der Waals surface area contributed by atoms with Crippen molar-refractivity contribution in [3.63, 3.8) is 0 Å². The van der Waals surface area contributed by atoms with Crippen LogP contribution in [0, 0.1) is 17.7 Å². The Labute approximate surface area is 204 Å². The molecule has 2 aliphatic rings. The van der Waals surface area contributed by atoms with Gasteiger partial charge in [0.2, 0.25) is 11.8 Å². The van der Waals surface area contributed by atoms with Gasteiger partial charge in [0.1, 0.15) is 17.9 Å². The molecule has 10 heteroatoms. The van der Waals surface area contributed by atoms with Crippen LogP contribution in [-0.2, 0) is 16.0 Å². The number of halogens is 1. The predicted octanol–water partition coefficient (Wildman–Crippen LogP) is 3.03. The standard InChI is InChI=1S/C25H33FN6O3/c1-16(2)23-19-5-4-6-20(26)24(19)32(28-23)25-27-21(35-29-25)11-17-7-9-30(12-17)13-18-8-10-31(14-18)22(33)15-34-3/h4-6,16-18H,7-15H2,1-3H3/t17-,18-/m1/s1. The van der Waals surface area contributed by atoms with E-state index in [0.29, 0.717) is 29.7 Å². The summed E-state index contributed by atoms with van der Waals surface area (Å²) in [6, 6.07) is 5.00. The van der Waals surface area contributed by atoms with E-state index in [-0.39, 0.29) is 30.2 Å². The molecular weight excluding hydrogens is 451 g/mol. The van der Waals surface area contributed by atoms with Crippen LogP contribution >= 0.6 is 0 Å². The summed E-state index contributed by atoms with van der Waals surface area (Å²) in [5.41, 5.74) is 1.19. The van der Waals surface area contributed by atoms with E-state index >= 15 is 0 Å². The van der Waals surface area contributed by atoms with Gasteiger partial charge in [0, 0.05) is 45.1 Å². The summed E-state index contributed by atoms with van der Waals surface area (Å²) in [7, 11) is 1.56. The van der Waals surface area contributed by atoms with Gasteiger partial charge in [-0.2, -0.15) is 14.8 Å². The van der Waals surface area contributed by atoms with Crippen molar-refractivity contribution in [3.05, 3.63) is 35.6 Å². The summed E-state index contributed by atoms with van der Waals surface area (Å²) in [5, 5.41) is 9.50. The molecule has 9 nitrogen and oxygen atoms in total. The van der Waals surface area contributed by atoms with Crippen LogP contribution in [0.15, 0.2) is 22.7 Å². The van der Waals surface area contributed by atoms with Crippen molar-refractivity contribution >= 4 is 16.8 Å². The van der Waals surface area contributed by atoms with Crippen molar-refractivity contribution in [1.29, 1.82) is 0 Å². The maximum Gasteiger partial charge on any atom is 0.291 e. The number of benzene rings is 1. The summed E-state index contributed by atoms with van der Waals surface area (Å²) in [5.74, 6) is 1.61. The number of likely N-dealkylation sites (tertiary alicyclic amines) is 2. The van der Waals surface area contributed by atoms with Crippen molar-refractivity contribution in [3.8, 4) is 5.95 Å². The number of hydrogen-bond acceptors (Lipinski definition) is 7. The van der Waals surface area contributed by atoms with Gasteiger partial charge in [-0.3, -0.25) is 4.79 Å². The van der Waals surface area contributed by atoms with E-state index in [1.54, 1.807) is 13.2 Å². The molecule has 0 spiro atoms. The van der Waals surface area contributed by atoms with Crippen molar-refractivity contribution in [2.75, 3.05) is 46.4 Å². The highest BCUT2D eigenvalue weighted by Gasteiger charge is 2.31. The number of amides is 1. The summed E-state index contributed by atoms with van der Waals surface area (Å²) < 4.78 is 26.7. The molecule has 0 unspecified atom stereocenters. The maximum atomic E-state index is 14.7. The molecule has 2 atom stereocenters. The van der Waals surface area contributed by atoms with E-state index in [4.69, 9.17) is 9.26 Å². The first-order valence-corrected chi connectivity index (χ1v) is 12.4. The number of ether oxygens (including phenoxy) is 1. The Hall–Kier alpha value is -2.85. The van der Waals surface area contributed by atoms with Gasteiger partial charge >= 0.3 is 0 Å². The summed E-state index contributed by atoms with van der Waals surface area (Å²) in [6.07, 6.45) is 2.79. The first-order valence-electron chi connectivity index (χ1n) is 12.4. The number of nitrogens with zero attached hydrogens (tertiary/aromatic N) is 6. The molecule has 4 heterocycles. The Kier molecular flexibility index (Phi) is 6.84. The number of fused-ring (bicyclic) bond motifs is 1. The van der Waals surface area contributed by atoms with Crippen molar-refractivity contribution in [2.24, 2.45) is 11.8 Å². The van der Waals surface area contributed by atoms with Crippen molar-refractivity contribution in [1.82, 2.24) is 29.7 Å². The molecule has 188 valence electrons. The van der Waals surface area contributed by atoms with E-state index in [9.17, 15) is 9.18 Å². The largest absolute Gasteiger partial charge is 0.375 e. The molecule has 0 N–H and O–H groups in total. The third kappa shape index (κ3) is 4.95. The molecule has 0 saturated carbocycles. The third-order valence-electron chi connectivity index (χ3n) is 7.13. The van der Waals surface area contributed by atoms with Crippen LogP contribution in [0.3, 0.4) is 0 Å². The molecule has 2 saturated heterocycles. The van der Waals surface area contributed by atoms with Crippen molar-refractivity contribution < 1.29 is 18.4 Å². The smallest absolute Gasteiger partial charge is 0.291 e. The average Bonchev–Trinajstić information content (AvgIpc) is 3.61. The molecule has 1 amide bonds. The molecule has 2 fully saturated rings. The molecule has 0 aliphatic carbocycles. The van der Waals surface area contributed by atoms with Crippen LogP contribution < -0.4 is 0 Å². The van der Waals surface area contributed by atoms with Crippen LogP contribution in [0.4, 0.5) is 4.39 Å². The zero-order valence-corrected chi connectivity index (χ0v) is 20.6. The Bertz CT molecular complexity index is 1190. The summed E-state index contributed by atoms with van der Waals surface area (Å²) in [4.78, 5) is 21.0. The average molecular weight is 485 g/mol. The molecular formula is C25H33FN6O3. The van der Waals surface area contributed by atoms with Crippen molar-refractivity contribution in [2.45, 2.75) is 39.0 Å². The minimum absolute atomic E-state index is 0.0758. The monoisotopic (exact) mass is 484 g/mol. The quantitative estimate of drug-likeness (QED) is 0.486. The molecule has 2 aromatic heterocycles. The van der Waals surface area contributed by atoms with Crippen LogP contribution in [0.25, 0.3) is 16.9 Å². The highest BCUT2D eigenvalue weighted by Crippen LogP contribution is 2.29. The summed E-state index contributed by atoms with van der Waals surface area (Å²) in [6.45, 7) is 8.84. The fourth-order valence-electron chi connectivity index (χ4n) is 5.42. The van der Waals surface area contributed by atoms with E-state index in [0.717, 1.165) is 56.6 Å². The van der Waals surface area contributed by atoms with Crippen LogP contribution in [0.1, 0.15) is 44.2 Å². The molecule has 1 aromatic carbocycles. The first-order chi connectivity index (χ1) is 16.9. The molecule has 3 aromatic rings. The van der Waals surface area contributed by atoms with E-state index in [1.807, 2.05) is 24.8 Å². The number of aromatic nitrogens is 4. The molecule has 35 heavy (non-hydrogen) atoms. The Morgan fingerprint density at radius 1 is 1.23 bits per heavy atom. The second-order valence-corrected chi connectivity index (χ2v) is 10.1. The number of carbonyl (C=O) groups is 1. The van der Waals surface area contributed by atoms with E-state index < -0.39 is 0 Å². The SMILES string of the molecule is COCC(=O)N1CC[C@H](CN2CC[C@H](Cc3nc(-n4nc(C(C)C)c5cccc(F)c54)no3)C2)C1. The van der Waals surface area contributed by atoms with Gasteiger partial charge in [0.25, 0.3) is 5.95 Å². The second kappa shape index (κ2) is 10.0. The number of para-hydroxylation sites is 1. The van der Waals surface area contributed by atoms with Crippen LogP contribution in [0.2, 0.25) is 0 Å². The topological polar surface area (TPSA) is 89.5 Å². The van der Waals surface area contributed by atoms with E-state index in [2.05, 4.69) is 20.1 Å². The van der Waals surface area contributed by atoms with Gasteiger partial charge in [-0.25, -0.2) is 4.39 Å². The van der Waals surface area contributed by atoms with E-state index in [1.165, 1.54) is 10.7 Å². The van der Waals surface area contributed by atoms with Gasteiger partial charge in [0.15, 0.2) is 0 Å². The molecule has 2 aliphatic heterocycles. The Morgan fingerprint density at radius 3 is 2.86 bits per heavy atom. The highest BCUT2D eigenvalue weighted by molar-refractivity contribution is 5.84.